The van der Waals surface area contributed by atoms with Crippen molar-refractivity contribution in [3.8, 4) is 17.6 Å². The molecule has 0 radical (unpaired) electrons. The fraction of sp³-hybridized carbons (Fsp3) is 0.214. The van der Waals surface area contributed by atoms with Gasteiger partial charge in [-0.25, -0.2) is 9.66 Å². The van der Waals surface area contributed by atoms with E-state index in [9.17, 15) is 0 Å². The Hall–Kier alpha value is -3.01. The fourth-order valence-electron chi connectivity index (χ4n) is 1.72. The van der Waals surface area contributed by atoms with E-state index in [1.54, 1.807) is 37.7 Å². The number of hydrogen-bond donors (Lipinski definition) is 1. The molecule has 0 spiro atoms. The van der Waals surface area contributed by atoms with Gasteiger partial charge in [0, 0.05) is 5.56 Å². The number of anilines is 1. The number of benzene rings is 1. The molecule has 0 unspecified atom stereocenters. The van der Waals surface area contributed by atoms with Gasteiger partial charge < -0.3 is 15.2 Å². The van der Waals surface area contributed by atoms with E-state index in [2.05, 4.69) is 10.1 Å². The third-order valence-corrected chi connectivity index (χ3v) is 2.67. The Morgan fingerprint density at radius 1 is 1.52 bits per heavy atom. The lowest BCUT2D eigenvalue weighted by atomic mass is 10.2. The lowest BCUT2D eigenvalue weighted by Gasteiger charge is -2.08. The van der Waals surface area contributed by atoms with Gasteiger partial charge in [-0.05, 0) is 25.1 Å². The van der Waals surface area contributed by atoms with Crippen LogP contribution < -0.4 is 15.2 Å². The molecule has 0 saturated carbocycles. The van der Waals surface area contributed by atoms with E-state index in [0.717, 1.165) is 5.69 Å². The molecule has 1 heterocycles. The highest BCUT2D eigenvalue weighted by Gasteiger charge is 2.05. The summed E-state index contributed by atoms with van der Waals surface area (Å²) in [7, 11) is 1.57. The summed E-state index contributed by atoms with van der Waals surface area (Å²) < 4.78 is 12.0. The van der Waals surface area contributed by atoms with E-state index in [0.29, 0.717) is 23.0 Å². The van der Waals surface area contributed by atoms with Crippen molar-refractivity contribution in [1.29, 1.82) is 5.26 Å². The van der Waals surface area contributed by atoms with Crippen LogP contribution in [0.1, 0.15) is 11.3 Å². The average Bonchev–Trinajstić information content (AvgIpc) is 2.81. The highest BCUT2D eigenvalue weighted by molar-refractivity contribution is 5.84. The Balaban J connectivity index is 2.32. The molecule has 0 fully saturated rings. The Morgan fingerprint density at radius 3 is 2.95 bits per heavy atom. The summed E-state index contributed by atoms with van der Waals surface area (Å²) >= 11 is 0. The van der Waals surface area contributed by atoms with E-state index in [4.69, 9.17) is 20.5 Å². The van der Waals surface area contributed by atoms with Crippen LogP contribution >= 0.6 is 0 Å². The lowest BCUT2D eigenvalue weighted by molar-refractivity contribution is 0.365. The van der Waals surface area contributed by atoms with Crippen molar-refractivity contribution in [3.05, 3.63) is 35.7 Å². The molecule has 0 aliphatic heterocycles. The van der Waals surface area contributed by atoms with Gasteiger partial charge in [0.15, 0.2) is 6.61 Å². The smallest absolute Gasteiger partial charge is 0.221 e. The summed E-state index contributed by atoms with van der Waals surface area (Å²) in [6.07, 6.45) is 3.29. The third-order valence-electron chi connectivity index (χ3n) is 2.67. The largest absolute Gasteiger partial charge is 0.497 e. The predicted octanol–water partition coefficient (Wildman–Crippen LogP) is 1.57. The average molecular weight is 285 g/mol. The molecule has 7 heteroatoms. The number of nitrogens with two attached hydrogens (primary N) is 1. The first-order valence-electron chi connectivity index (χ1n) is 6.17. The van der Waals surface area contributed by atoms with Crippen molar-refractivity contribution < 1.29 is 9.47 Å². The number of nitriles is 1. The number of aryl methyl sites for hydroxylation is 1. The van der Waals surface area contributed by atoms with Crippen molar-refractivity contribution >= 4 is 12.2 Å². The van der Waals surface area contributed by atoms with Crippen molar-refractivity contribution in [2.45, 2.75) is 6.92 Å². The lowest BCUT2D eigenvalue weighted by Crippen LogP contribution is -2.00. The molecule has 21 heavy (non-hydrogen) atoms. The third kappa shape index (κ3) is 3.51. The van der Waals surface area contributed by atoms with Gasteiger partial charge in [-0.15, -0.1) is 0 Å². The van der Waals surface area contributed by atoms with Crippen molar-refractivity contribution in [2.75, 3.05) is 19.5 Å². The first-order valence-corrected chi connectivity index (χ1v) is 6.17. The van der Waals surface area contributed by atoms with Crippen LogP contribution in [0.25, 0.3) is 0 Å². The van der Waals surface area contributed by atoms with E-state index < -0.39 is 0 Å². The maximum absolute atomic E-state index is 8.60. The SMILES string of the molecule is COc1ccc(OCC#N)c(C=Nn2cc(C)nc2N)c1. The van der Waals surface area contributed by atoms with E-state index in [-0.39, 0.29) is 6.61 Å². The number of nitrogen functional groups attached to an aromatic ring is 1. The molecule has 2 N–H and O–H groups in total. The van der Waals surface area contributed by atoms with E-state index in [1.165, 1.54) is 4.68 Å². The number of ether oxygens (including phenoxy) is 2. The molecule has 2 rings (SSSR count). The summed E-state index contributed by atoms with van der Waals surface area (Å²) in [4.78, 5) is 4.06. The summed E-state index contributed by atoms with van der Waals surface area (Å²) in [5.74, 6) is 1.50. The van der Waals surface area contributed by atoms with Gasteiger partial charge in [-0.1, -0.05) is 0 Å². The predicted molar refractivity (Wildman–Crippen MR) is 78.5 cm³/mol. The molecular weight excluding hydrogens is 270 g/mol. The Morgan fingerprint density at radius 2 is 2.33 bits per heavy atom. The second-order valence-electron chi connectivity index (χ2n) is 4.18. The summed E-state index contributed by atoms with van der Waals surface area (Å²) in [6, 6.07) is 7.16. The van der Waals surface area contributed by atoms with Crippen LogP contribution in [0.4, 0.5) is 5.95 Å². The van der Waals surface area contributed by atoms with Crippen molar-refractivity contribution in [2.24, 2.45) is 5.10 Å². The van der Waals surface area contributed by atoms with Gasteiger partial charge in [0.25, 0.3) is 0 Å². The van der Waals surface area contributed by atoms with Crippen LogP contribution in [0, 0.1) is 18.3 Å². The second kappa shape index (κ2) is 6.43. The van der Waals surface area contributed by atoms with Gasteiger partial charge in [0.2, 0.25) is 5.95 Å². The number of imidazole rings is 1. The topological polar surface area (TPSA) is 98.5 Å². The maximum atomic E-state index is 8.60. The van der Waals surface area contributed by atoms with Gasteiger partial charge in [-0.3, -0.25) is 0 Å². The molecule has 0 aliphatic carbocycles. The zero-order valence-corrected chi connectivity index (χ0v) is 11.8. The molecule has 0 atom stereocenters. The number of aromatic nitrogens is 2. The van der Waals surface area contributed by atoms with Crippen LogP contribution in [-0.4, -0.2) is 29.6 Å². The van der Waals surface area contributed by atoms with Gasteiger partial charge in [0.1, 0.15) is 17.6 Å². The molecule has 0 bridgehead atoms. The Bertz CT molecular complexity index is 700. The van der Waals surface area contributed by atoms with Crippen LogP contribution in [0.15, 0.2) is 29.5 Å². The van der Waals surface area contributed by atoms with Crippen LogP contribution in [-0.2, 0) is 0 Å². The van der Waals surface area contributed by atoms with Gasteiger partial charge >= 0.3 is 0 Å². The first kappa shape index (κ1) is 14.4. The summed E-state index contributed by atoms with van der Waals surface area (Å²) in [5.41, 5.74) is 7.17. The molecule has 1 aromatic carbocycles. The van der Waals surface area contributed by atoms with Crippen LogP contribution in [0.2, 0.25) is 0 Å². The number of hydrogen-bond acceptors (Lipinski definition) is 6. The molecular formula is C14H15N5O2. The second-order valence-corrected chi connectivity index (χ2v) is 4.18. The monoisotopic (exact) mass is 285 g/mol. The highest BCUT2D eigenvalue weighted by atomic mass is 16.5. The number of rotatable bonds is 5. The van der Waals surface area contributed by atoms with E-state index >= 15 is 0 Å². The zero-order chi connectivity index (χ0) is 15.2. The normalized spacial score (nSPS) is 10.5. The van der Waals surface area contributed by atoms with Crippen LogP contribution in [0.3, 0.4) is 0 Å². The molecule has 7 nitrogen and oxygen atoms in total. The molecule has 0 aliphatic rings. The van der Waals surface area contributed by atoms with E-state index in [1.807, 2.05) is 13.0 Å². The van der Waals surface area contributed by atoms with Crippen molar-refractivity contribution in [1.82, 2.24) is 9.66 Å². The first-order chi connectivity index (χ1) is 10.1. The maximum Gasteiger partial charge on any atom is 0.221 e. The van der Waals surface area contributed by atoms with Crippen molar-refractivity contribution in [3.63, 3.8) is 0 Å². The summed E-state index contributed by atoms with van der Waals surface area (Å²) in [6.45, 7) is 1.79. The quantitative estimate of drug-likeness (QED) is 0.841. The zero-order valence-electron chi connectivity index (χ0n) is 11.8. The summed E-state index contributed by atoms with van der Waals surface area (Å²) in [5, 5.41) is 12.8. The minimum atomic E-state index is -0.0422. The van der Waals surface area contributed by atoms with Crippen LogP contribution in [0.5, 0.6) is 11.5 Å². The molecule has 2 aromatic rings. The molecule has 0 amide bonds. The minimum absolute atomic E-state index is 0.0422. The fourth-order valence-corrected chi connectivity index (χ4v) is 1.72. The van der Waals surface area contributed by atoms with Gasteiger partial charge in [-0.2, -0.15) is 10.4 Å². The minimum Gasteiger partial charge on any atom is -0.497 e. The number of methoxy groups -OCH3 is 1. The highest BCUT2D eigenvalue weighted by Crippen LogP contribution is 2.23. The van der Waals surface area contributed by atoms with Gasteiger partial charge in [0.05, 0.1) is 25.2 Å². The molecule has 0 saturated heterocycles. The molecule has 108 valence electrons. The molecule has 1 aromatic heterocycles. The standard InChI is InChI=1S/C14H15N5O2/c1-10-9-19(14(16)18-10)17-8-11-7-12(20-2)3-4-13(11)21-6-5-15/h3-4,7-9H,6H2,1-2H3,(H2,16,18). The Kier molecular flexibility index (Phi) is 4.41. The number of nitrogens with zero attached hydrogens (tertiary/aromatic N) is 4. The Labute approximate surface area is 122 Å².